The van der Waals surface area contributed by atoms with Gasteiger partial charge in [0, 0.05) is 31.0 Å². The van der Waals surface area contributed by atoms with Crippen molar-refractivity contribution in [3.05, 3.63) is 0 Å². The first-order valence-electron chi connectivity index (χ1n) is 6.64. The third kappa shape index (κ3) is 7.60. The van der Waals surface area contributed by atoms with Crippen molar-refractivity contribution in [1.82, 2.24) is 10.2 Å². The lowest BCUT2D eigenvalue weighted by Crippen LogP contribution is -2.53. The lowest BCUT2D eigenvalue weighted by Gasteiger charge is -2.32. The van der Waals surface area contributed by atoms with Crippen LogP contribution in [-0.2, 0) is 9.59 Å². The number of hydrogen-bond donors (Lipinski definition) is 3. The molecule has 0 aliphatic rings. The monoisotopic (exact) mass is 287 g/mol. The average molecular weight is 287 g/mol. The van der Waals surface area contributed by atoms with Crippen LogP contribution in [0.15, 0.2) is 0 Å². The van der Waals surface area contributed by atoms with Crippen molar-refractivity contribution in [2.75, 3.05) is 6.54 Å². The van der Waals surface area contributed by atoms with Gasteiger partial charge in [0.1, 0.15) is 0 Å². The van der Waals surface area contributed by atoms with Gasteiger partial charge in [-0.25, -0.2) is 4.79 Å². The van der Waals surface area contributed by atoms with Gasteiger partial charge < -0.3 is 21.1 Å². The van der Waals surface area contributed by atoms with E-state index in [0.717, 1.165) is 0 Å². The molecule has 7 nitrogen and oxygen atoms in total. The van der Waals surface area contributed by atoms with E-state index in [1.54, 1.807) is 18.7 Å². The number of carbonyl (C=O) groups is 3. The molecule has 0 aromatic heterocycles. The number of carbonyl (C=O) groups excluding carboxylic acids is 2. The highest BCUT2D eigenvalue weighted by Crippen LogP contribution is 2.10. The van der Waals surface area contributed by atoms with E-state index in [1.807, 2.05) is 13.8 Å². The van der Waals surface area contributed by atoms with E-state index in [2.05, 4.69) is 5.32 Å². The standard InChI is InChI=1S/C13H25N3O4/c1-9(2)16(7-5-6-11(18)19)12(20)15-13(3,4)8-10(14)17/h9H,5-8H2,1-4H3,(H2,14,17)(H,15,20)(H,18,19). The van der Waals surface area contributed by atoms with Gasteiger partial charge in [0.25, 0.3) is 0 Å². The smallest absolute Gasteiger partial charge is 0.318 e. The molecular formula is C13H25N3O4. The summed E-state index contributed by atoms with van der Waals surface area (Å²) in [5, 5.41) is 11.4. The molecule has 7 heteroatoms. The Morgan fingerprint density at radius 2 is 1.85 bits per heavy atom. The van der Waals surface area contributed by atoms with Gasteiger partial charge >= 0.3 is 12.0 Å². The molecule has 0 heterocycles. The van der Waals surface area contributed by atoms with E-state index in [1.165, 1.54) is 0 Å². The Balaban J connectivity index is 4.56. The molecule has 0 saturated heterocycles. The molecule has 3 amide bonds. The number of urea groups is 1. The van der Waals surface area contributed by atoms with Crippen molar-refractivity contribution in [2.45, 2.75) is 58.5 Å². The molecule has 0 spiro atoms. The predicted octanol–water partition coefficient (Wildman–Crippen LogP) is 0.925. The molecule has 0 rings (SSSR count). The van der Waals surface area contributed by atoms with Crippen LogP contribution >= 0.6 is 0 Å². The summed E-state index contributed by atoms with van der Waals surface area (Å²) in [5.41, 5.74) is 4.40. The van der Waals surface area contributed by atoms with E-state index in [9.17, 15) is 14.4 Å². The second kappa shape index (κ2) is 7.72. The number of nitrogens with one attached hydrogen (secondary N) is 1. The summed E-state index contributed by atoms with van der Waals surface area (Å²) in [4.78, 5) is 35.2. The van der Waals surface area contributed by atoms with E-state index in [4.69, 9.17) is 10.8 Å². The van der Waals surface area contributed by atoms with E-state index < -0.39 is 17.4 Å². The Bertz CT molecular complexity index is 367. The highest BCUT2D eigenvalue weighted by Gasteiger charge is 2.26. The number of aliphatic carboxylic acids is 1. The molecule has 20 heavy (non-hydrogen) atoms. The van der Waals surface area contributed by atoms with Crippen LogP contribution < -0.4 is 11.1 Å². The van der Waals surface area contributed by atoms with Crippen molar-refractivity contribution in [2.24, 2.45) is 5.73 Å². The van der Waals surface area contributed by atoms with Crippen LogP contribution in [0, 0.1) is 0 Å². The van der Waals surface area contributed by atoms with Crippen LogP contribution in [0.4, 0.5) is 4.79 Å². The van der Waals surface area contributed by atoms with Crippen molar-refractivity contribution in [1.29, 1.82) is 0 Å². The van der Waals surface area contributed by atoms with Crippen LogP contribution in [-0.4, -0.2) is 46.0 Å². The zero-order valence-electron chi connectivity index (χ0n) is 12.6. The summed E-state index contributed by atoms with van der Waals surface area (Å²) in [6.45, 7) is 7.47. The first-order chi connectivity index (χ1) is 9.05. The van der Waals surface area contributed by atoms with Crippen molar-refractivity contribution in [3.8, 4) is 0 Å². The Labute approximate surface area is 119 Å². The van der Waals surface area contributed by atoms with Crippen molar-refractivity contribution >= 4 is 17.9 Å². The maximum absolute atomic E-state index is 12.2. The zero-order chi connectivity index (χ0) is 15.9. The van der Waals surface area contributed by atoms with Gasteiger partial charge in [-0.2, -0.15) is 0 Å². The SMILES string of the molecule is CC(C)N(CCCC(=O)O)C(=O)NC(C)(C)CC(N)=O. The van der Waals surface area contributed by atoms with Crippen molar-refractivity contribution in [3.63, 3.8) is 0 Å². The Hall–Kier alpha value is -1.79. The Kier molecular flexibility index (Phi) is 7.02. The minimum atomic E-state index is -0.886. The second-order valence-electron chi connectivity index (χ2n) is 5.74. The van der Waals surface area contributed by atoms with Gasteiger partial charge in [0.2, 0.25) is 5.91 Å². The lowest BCUT2D eigenvalue weighted by molar-refractivity contribution is -0.137. The lowest BCUT2D eigenvalue weighted by atomic mass is 10.0. The van der Waals surface area contributed by atoms with Gasteiger partial charge in [0.15, 0.2) is 0 Å². The van der Waals surface area contributed by atoms with E-state index in [0.29, 0.717) is 13.0 Å². The third-order valence-corrected chi connectivity index (χ3v) is 2.74. The summed E-state index contributed by atoms with van der Waals surface area (Å²) < 4.78 is 0. The normalized spacial score (nSPS) is 11.2. The highest BCUT2D eigenvalue weighted by atomic mass is 16.4. The number of amides is 3. The van der Waals surface area contributed by atoms with Crippen LogP contribution in [0.1, 0.15) is 47.0 Å². The fourth-order valence-electron chi connectivity index (χ4n) is 1.84. The third-order valence-electron chi connectivity index (χ3n) is 2.74. The summed E-state index contributed by atoms with van der Waals surface area (Å²) in [6.07, 6.45) is 0.443. The minimum absolute atomic E-state index is 0.0151. The first kappa shape index (κ1) is 18.2. The number of nitrogens with zero attached hydrogens (tertiary/aromatic N) is 1. The first-order valence-corrected chi connectivity index (χ1v) is 6.64. The number of carboxylic acid groups (broad SMARTS) is 1. The zero-order valence-corrected chi connectivity index (χ0v) is 12.6. The fraction of sp³-hybridized carbons (Fsp3) is 0.769. The number of nitrogens with two attached hydrogens (primary N) is 1. The molecule has 0 aliphatic heterocycles. The molecule has 0 fully saturated rings. The largest absolute Gasteiger partial charge is 0.481 e. The molecule has 0 unspecified atom stereocenters. The van der Waals surface area contributed by atoms with Gasteiger partial charge in [0.05, 0.1) is 0 Å². The van der Waals surface area contributed by atoms with Gasteiger partial charge in [-0.15, -0.1) is 0 Å². The maximum Gasteiger partial charge on any atom is 0.318 e. The van der Waals surface area contributed by atoms with Gasteiger partial charge in [-0.3, -0.25) is 9.59 Å². The van der Waals surface area contributed by atoms with Crippen LogP contribution in [0.2, 0.25) is 0 Å². The summed E-state index contributed by atoms with van der Waals surface area (Å²) in [5.74, 6) is -1.37. The fourth-order valence-corrected chi connectivity index (χ4v) is 1.84. The molecule has 0 atom stereocenters. The number of primary amides is 1. The van der Waals surface area contributed by atoms with Crippen molar-refractivity contribution < 1.29 is 19.5 Å². The predicted molar refractivity (Wildman–Crippen MR) is 75.1 cm³/mol. The number of hydrogen-bond acceptors (Lipinski definition) is 3. The van der Waals surface area contributed by atoms with Crippen LogP contribution in [0.3, 0.4) is 0 Å². The number of carboxylic acids is 1. The molecule has 0 aliphatic carbocycles. The summed E-state index contributed by atoms with van der Waals surface area (Å²) >= 11 is 0. The van der Waals surface area contributed by atoms with Crippen LogP contribution in [0.25, 0.3) is 0 Å². The Morgan fingerprint density at radius 1 is 1.30 bits per heavy atom. The Morgan fingerprint density at radius 3 is 2.25 bits per heavy atom. The molecule has 0 radical (unpaired) electrons. The summed E-state index contributed by atoms with van der Waals surface area (Å²) in [6, 6.07) is -0.384. The average Bonchev–Trinajstić information content (AvgIpc) is 2.20. The summed E-state index contributed by atoms with van der Waals surface area (Å²) in [7, 11) is 0. The maximum atomic E-state index is 12.2. The molecule has 0 aromatic carbocycles. The molecule has 0 saturated carbocycles. The topological polar surface area (TPSA) is 113 Å². The van der Waals surface area contributed by atoms with E-state index in [-0.39, 0.29) is 24.9 Å². The molecule has 0 bridgehead atoms. The highest BCUT2D eigenvalue weighted by molar-refractivity contribution is 5.79. The van der Waals surface area contributed by atoms with Crippen LogP contribution in [0.5, 0.6) is 0 Å². The van der Waals surface area contributed by atoms with E-state index >= 15 is 0 Å². The second-order valence-corrected chi connectivity index (χ2v) is 5.74. The molecule has 4 N–H and O–H groups in total. The molecule has 0 aromatic rings. The molecular weight excluding hydrogens is 262 g/mol. The molecule has 116 valence electrons. The number of rotatable bonds is 8. The van der Waals surface area contributed by atoms with Gasteiger partial charge in [-0.05, 0) is 34.1 Å². The van der Waals surface area contributed by atoms with Gasteiger partial charge in [-0.1, -0.05) is 0 Å². The quantitative estimate of drug-likeness (QED) is 0.616. The minimum Gasteiger partial charge on any atom is -0.481 e.